The number of hydrogen-bond acceptors (Lipinski definition) is 6. The van der Waals surface area contributed by atoms with Gasteiger partial charge in [0.05, 0.1) is 35.9 Å². The van der Waals surface area contributed by atoms with Gasteiger partial charge in [0.15, 0.2) is 0 Å². The smallest absolute Gasteiger partial charge is 0.248 e. The van der Waals surface area contributed by atoms with Crippen LogP contribution in [-0.4, -0.2) is 45.7 Å². The Morgan fingerprint density at radius 3 is 3.06 bits per heavy atom. The maximum Gasteiger partial charge on any atom is 0.248 e. The number of imidazole rings is 1. The Bertz CT molecular complexity index is 1070. The topological polar surface area (TPSA) is 98.3 Å². The van der Waals surface area contributed by atoms with Crippen molar-refractivity contribution in [1.82, 2.24) is 30.6 Å². The SMILES string of the molecule is C=NN(/C=C(\C)C(=O)NC1CCc2cccnc21)CCNCc1nc2ccccc2[nH]1. The molecule has 3 N–H and O–H groups in total. The molecule has 0 bridgehead atoms. The molecular weight excluding hydrogens is 390 g/mol. The number of aromatic amines is 1. The van der Waals surface area contributed by atoms with E-state index in [9.17, 15) is 4.79 Å². The number of carbonyl (C=O) groups is 1. The van der Waals surface area contributed by atoms with Crippen molar-refractivity contribution in [3.8, 4) is 0 Å². The second-order valence-electron chi connectivity index (χ2n) is 7.61. The first-order chi connectivity index (χ1) is 15.1. The number of carbonyl (C=O) groups excluding carboxylic acids is 1. The van der Waals surface area contributed by atoms with Gasteiger partial charge in [0, 0.05) is 31.2 Å². The fraction of sp³-hybridized carbons (Fsp3) is 0.304. The lowest BCUT2D eigenvalue weighted by atomic mass is 10.2. The number of pyridine rings is 1. The Morgan fingerprint density at radius 2 is 2.23 bits per heavy atom. The normalized spacial score (nSPS) is 15.6. The van der Waals surface area contributed by atoms with Gasteiger partial charge in [-0.05, 0) is 43.5 Å². The number of rotatable bonds is 9. The molecule has 31 heavy (non-hydrogen) atoms. The van der Waals surface area contributed by atoms with Crippen molar-refractivity contribution in [2.75, 3.05) is 13.1 Å². The Kier molecular flexibility index (Phi) is 6.37. The lowest BCUT2D eigenvalue weighted by Crippen LogP contribution is -2.30. The monoisotopic (exact) mass is 417 g/mol. The molecule has 1 aliphatic rings. The van der Waals surface area contributed by atoms with E-state index in [-0.39, 0.29) is 11.9 Å². The zero-order valence-electron chi connectivity index (χ0n) is 17.6. The van der Waals surface area contributed by atoms with E-state index in [1.54, 1.807) is 24.3 Å². The summed E-state index contributed by atoms with van der Waals surface area (Å²) in [5, 5.41) is 12.1. The molecule has 1 aliphatic carbocycles. The van der Waals surface area contributed by atoms with Gasteiger partial charge in [0.25, 0.3) is 0 Å². The van der Waals surface area contributed by atoms with E-state index in [1.165, 1.54) is 5.56 Å². The summed E-state index contributed by atoms with van der Waals surface area (Å²) in [4.78, 5) is 24.9. The van der Waals surface area contributed by atoms with Gasteiger partial charge in [-0.1, -0.05) is 18.2 Å². The number of nitrogens with one attached hydrogen (secondary N) is 3. The Labute approximate surface area is 181 Å². The maximum atomic E-state index is 12.6. The first-order valence-electron chi connectivity index (χ1n) is 10.4. The average Bonchev–Trinajstić information content (AvgIpc) is 3.39. The number of H-pyrrole nitrogens is 1. The van der Waals surface area contributed by atoms with Crippen LogP contribution in [0.15, 0.2) is 59.5 Å². The third-order valence-corrected chi connectivity index (χ3v) is 5.39. The third-order valence-electron chi connectivity index (χ3n) is 5.39. The minimum Gasteiger partial charge on any atom is -0.344 e. The first-order valence-corrected chi connectivity index (χ1v) is 10.4. The van der Waals surface area contributed by atoms with E-state index in [1.807, 2.05) is 30.3 Å². The highest BCUT2D eigenvalue weighted by molar-refractivity contribution is 5.93. The molecular formula is C23H27N7O. The van der Waals surface area contributed by atoms with Crippen molar-refractivity contribution < 1.29 is 4.79 Å². The molecule has 0 radical (unpaired) electrons. The van der Waals surface area contributed by atoms with E-state index < -0.39 is 0 Å². The van der Waals surface area contributed by atoms with Gasteiger partial charge < -0.3 is 15.6 Å². The molecule has 8 nitrogen and oxygen atoms in total. The predicted octanol–water partition coefficient (Wildman–Crippen LogP) is 2.67. The van der Waals surface area contributed by atoms with Gasteiger partial charge in [-0.25, -0.2) is 4.98 Å². The molecule has 0 aliphatic heterocycles. The molecule has 4 rings (SSSR count). The van der Waals surface area contributed by atoms with Crippen molar-refractivity contribution in [1.29, 1.82) is 0 Å². The Morgan fingerprint density at radius 1 is 1.35 bits per heavy atom. The first kappa shape index (κ1) is 20.7. The van der Waals surface area contributed by atoms with E-state index in [0.717, 1.165) is 35.4 Å². The maximum absolute atomic E-state index is 12.6. The van der Waals surface area contributed by atoms with Gasteiger partial charge >= 0.3 is 0 Å². The fourth-order valence-corrected chi connectivity index (χ4v) is 3.77. The number of amides is 1. The molecule has 2 aromatic heterocycles. The highest BCUT2D eigenvalue weighted by Gasteiger charge is 2.25. The second-order valence-corrected chi connectivity index (χ2v) is 7.61. The number of aromatic nitrogens is 3. The van der Waals surface area contributed by atoms with Crippen LogP contribution in [0.2, 0.25) is 0 Å². The highest BCUT2D eigenvalue weighted by Crippen LogP contribution is 2.28. The molecule has 0 saturated carbocycles. The summed E-state index contributed by atoms with van der Waals surface area (Å²) in [6.45, 7) is 7.27. The lowest BCUT2D eigenvalue weighted by molar-refractivity contribution is -0.118. The summed E-state index contributed by atoms with van der Waals surface area (Å²) in [5.41, 5.74) is 4.74. The minimum atomic E-state index is -0.118. The zero-order valence-corrected chi connectivity index (χ0v) is 17.6. The fourth-order valence-electron chi connectivity index (χ4n) is 3.77. The number of nitrogens with zero attached hydrogens (tertiary/aromatic N) is 4. The molecule has 2 heterocycles. The van der Waals surface area contributed by atoms with Gasteiger partial charge in [-0.2, -0.15) is 5.10 Å². The largest absolute Gasteiger partial charge is 0.344 e. The van der Waals surface area contributed by atoms with Crippen LogP contribution >= 0.6 is 0 Å². The molecule has 1 aromatic carbocycles. The van der Waals surface area contributed by atoms with E-state index in [2.05, 4.69) is 43.5 Å². The van der Waals surface area contributed by atoms with E-state index in [0.29, 0.717) is 25.2 Å². The van der Waals surface area contributed by atoms with Crippen LogP contribution in [0.4, 0.5) is 0 Å². The van der Waals surface area contributed by atoms with Crippen LogP contribution in [0.5, 0.6) is 0 Å². The van der Waals surface area contributed by atoms with Gasteiger partial charge in [-0.3, -0.25) is 14.8 Å². The van der Waals surface area contributed by atoms with Crippen LogP contribution in [0.3, 0.4) is 0 Å². The summed E-state index contributed by atoms with van der Waals surface area (Å²) >= 11 is 0. The Balaban J connectivity index is 1.26. The number of benzene rings is 1. The van der Waals surface area contributed by atoms with Gasteiger partial charge in [0.2, 0.25) is 5.91 Å². The molecule has 1 atom stereocenters. The molecule has 160 valence electrons. The van der Waals surface area contributed by atoms with Crippen LogP contribution in [0, 0.1) is 0 Å². The molecule has 0 fully saturated rings. The summed E-state index contributed by atoms with van der Waals surface area (Å²) in [6.07, 6.45) is 5.31. The highest BCUT2D eigenvalue weighted by atomic mass is 16.1. The van der Waals surface area contributed by atoms with Crippen molar-refractivity contribution in [2.24, 2.45) is 5.10 Å². The lowest BCUT2D eigenvalue weighted by Gasteiger charge is -2.17. The summed E-state index contributed by atoms with van der Waals surface area (Å²) in [7, 11) is 0. The van der Waals surface area contributed by atoms with Crippen LogP contribution < -0.4 is 10.6 Å². The van der Waals surface area contributed by atoms with Crippen molar-refractivity contribution >= 4 is 23.7 Å². The van der Waals surface area contributed by atoms with Crippen LogP contribution in [0.25, 0.3) is 11.0 Å². The molecule has 0 saturated heterocycles. The molecule has 3 aromatic rings. The Hall–Kier alpha value is -3.52. The van der Waals surface area contributed by atoms with Crippen molar-refractivity contribution in [3.63, 3.8) is 0 Å². The quantitative estimate of drug-likeness (QED) is 0.215. The number of para-hydroxylation sites is 2. The van der Waals surface area contributed by atoms with Crippen molar-refractivity contribution in [2.45, 2.75) is 32.4 Å². The second kappa shape index (κ2) is 9.53. The van der Waals surface area contributed by atoms with Gasteiger partial charge in [-0.15, -0.1) is 0 Å². The summed E-state index contributed by atoms with van der Waals surface area (Å²) in [5.74, 6) is 0.767. The molecule has 1 amide bonds. The predicted molar refractivity (Wildman–Crippen MR) is 121 cm³/mol. The molecule has 0 spiro atoms. The summed E-state index contributed by atoms with van der Waals surface area (Å²) < 4.78 is 0. The van der Waals surface area contributed by atoms with Crippen LogP contribution in [-0.2, 0) is 17.8 Å². The van der Waals surface area contributed by atoms with Gasteiger partial charge in [0.1, 0.15) is 5.82 Å². The number of hydrazone groups is 1. The zero-order chi connectivity index (χ0) is 21.6. The summed E-state index contributed by atoms with van der Waals surface area (Å²) in [6, 6.07) is 11.9. The van der Waals surface area contributed by atoms with E-state index >= 15 is 0 Å². The molecule has 1 unspecified atom stereocenters. The average molecular weight is 418 g/mol. The van der Waals surface area contributed by atoms with Crippen LogP contribution in [0.1, 0.15) is 36.5 Å². The molecule has 8 heteroatoms. The third kappa shape index (κ3) is 4.97. The standard InChI is InChI=1S/C23H27N7O/c1-16(23(31)29-20-10-9-17-6-5-11-26-22(17)20)15-30(24-2)13-12-25-14-21-27-18-7-3-4-8-19(18)28-21/h3-8,11,15,20,25H,2,9-10,12-14H2,1H3,(H,27,28)(H,29,31)/b16-15+. The van der Waals surface area contributed by atoms with E-state index in [4.69, 9.17) is 0 Å². The number of fused-ring (bicyclic) bond motifs is 2. The van der Waals surface area contributed by atoms with Crippen molar-refractivity contribution in [3.05, 3.63) is 71.4 Å². The number of aryl methyl sites for hydroxylation is 1. The minimum absolute atomic E-state index is 0.0392. The number of hydrogen-bond donors (Lipinski definition) is 3.